The number of pyridine rings is 1. The number of ether oxygens (including phenoxy) is 1. The fourth-order valence-electron chi connectivity index (χ4n) is 3.73. The molecule has 0 aliphatic rings. The van der Waals surface area contributed by atoms with Gasteiger partial charge in [0.05, 0.1) is 24.1 Å². The smallest absolute Gasteiger partial charge is 0.307 e. The van der Waals surface area contributed by atoms with Gasteiger partial charge in [-0.3, -0.25) is 19.9 Å². The molecule has 4 rings (SSSR count). The minimum absolute atomic E-state index is 0.00322. The number of nitrogen functional groups attached to an aromatic ring is 1. The average Bonchev–Trinajstić information content (AvgIpc) is 3.19. The molecular weight excluding hydrogens is 458 g/mol. The van der Waals surface area contributed by atoms with Crippen LogP contribution in [0.3, 0.4) is 0 Å². The SMILES string of the molecule is CCOC(=O)CCN(C(=O)c1ccc2c(c1)nc(Nc1ccc(C(=N)N)cc1)n2C)c1ccccn1. The van der Waals surface area contributed by atoms with Crippen LogP contribution < -0.4 is 16.0 Å². The van der Waals surface area contributed by atoms with E-state index in [1.54, 1.807) is 55.6 Å². The summed E-state index contributed by atoms with van der Waals surface area (Å²) in [7, 11) is 1.88. The molecule has 0 aliphatic heterocycles. The number of aryl methyl sites for hydroxylation is 1. The summed E-state index contributed by atoms with van der Waals surface area (Å²) in [6, 6.07) is 17.7. The van der Waals surface area contributed by atoms with Gasteiger partial charge in [0.1, 0.15) is 11.7 Å². The number of anilines is 3. The van der Waals surface area contributed by atoms with Crippen LogP contribution in [0.1, 0.15) is 29.3 Å². The first-order chi connectivity index (χ1) is 17.4. The molecule has 0 saturated carbocycles. The normalized spacial score (nSPS) is 10.7. The van der Waals surface area contributed by atoms with Gasteiger partial charge in [0.2, 0.25) is 5.95 Å². The van der Waals surface area contributed by atoms with E-state index in [4.69, 9.17) is 15.9 Å². The first kappa shape index (κ1) is 24.4. The molecule has 0 radical (unpaired) electrons. The number of hydrogen-bond donors (Lipinski definition) is 3. The zero-order chi connectivity index (χ0) is 25.7. The highest BCUT2D eigenvalue weighted by atomic mass is 16.5. The number of nitrogens with one attached hydrogen (secondary N) is 2. The number of nitrogens with zero attached hydrogens (tertiary/aromatic N) is 4. The number of amides is 1. The van der Waals surface area contributed by atoms with Crippen molar-refractivity contribution < 1.29 is 14.3 Å². The van der Waals surface area contributed by atoms with Crippen molar-refractivity contribution in [3.05, 3.63) is 78.0 Å². The molecule has 0 bridgehead atoms. The van der Waals surface area contributed by atoms with Gasteiger partial charge in [-0.2, -0.15) is 0 Å². The summed E-state index contributed by atoms with van der Waals surface area (Å²) in [4.78, 5) is 35.9. The Kier molecular flexibility index (Phi) is 7.24. The van der Waals surface area contributed by atoms with Crippen molar-refractivity contribution >= 4 is 46.2 Å². The number of carbonyl (C=O) groups is 2. The van der Waals surface area contributed by atoms with Crippen LogP contribution in [0, 0.1) is 5.41 Å². The number of rotatable bonds is 9. The van der Waals surface area contributed by atoms with Crippen LogP contribution in [0.2, 0.25) is 0 Å². The first-order valence-corrected chi connectivity index (χ1v) is 11.4. The van der Waals surface area contributed by atoms with E-state index < -0.39 is 0 Å². The van der Waals surface area contributed by atoms with Crippen LogP contribution in [0.15, 0.2) is 66.9 Å². The Labute approximate surface area is 208 Å². The van der Waals surface area contributed by atoms with Crippen LogP contribution in [0.25, 0.3) is 11.0 Å². The van der Waals surface area contributed by atoms with E-state index in [9.17, 15) is 9.59 Å². The van der Waals surface area contributed by atoms with Gasteiger partial charge in [0, 0.05) is 36.6 Å². The van der Waals surface area contributed by atoms with Gasteiger partial charge in [0.15, 0.2) is 0 Å². The predicted molar refractivity (Wildman–Crippen MR) is 139 cm³/mol. The standard InChI is InChI=1S/C26H27N7O3/c1-3-36-23(34)13-15-33(22-6-4-5-14-29-22)25(35)18-9-12-21-20(16-18)31-26(32(21)2)30-19-10-7-17(8-11-19)24(27)28/h4-12,14,16H,3,13,15H2,1-2H3,(H3,27,28)(H,30,31). The maximum atomic E-state index is 13.5. The lowest BCUT2D eigenvalue weighted by Gasteiger charge is -2.21. The molecule has 10 nitrogen and oxygen atoms in total. The number of aromatic nitrogens is 3. The molecule has 4 aromatic rings. The van der Waals surface area contributed by atoms with Crippen molar-refractivity contribution in [2.75, 3.05) is 23.4 Å². The van der Waals surface area contributed by atoms with Crippen molar-refractivity contribution in [3.63, 3.8) is 0 Å². The van der Waals surface area contributed by atoms with Gasteiger partial charge in [-0.1, -0.05) is 6.07 Å². The van der Waals surface area contributed by atoms with Gasteiger partial charge < -0.3 is 20.4 Å². The molecule has 36 heavy (non-hydrogen) atoms. The molecule has 184 valence electrons. The van der Waals surface area contributed by atoms with Crippen molar-refractivity contribution in [1.82, 2.24) is 14.5 Å². The number of carbonyl (C=O) groups excluding carboxylic acids is 2. The molecule has 0 saturated heterocycles. The summed E-state index contributed by atoms with van der Waals surface area (Å²) in [5.74, 6) is 0.375. The van der Waals surface area contributed by atoms with Gasteiger partial charge >= 0.3 is 5.97 Å². The second kappa shape index (κ2) is 10.7. The monoisotopic (exact) mass is 485 g/mol. The molecule has 1 amide bonds. The lowest BCUT2D eigenvalue weighted by atomic mass is 10.1. The first-order valence-electron chi connectivity index (χ1n) is 11.4. The molecule has 10 heteroatoms. The minimum Gasteiger partial charge on any atom is -0.466 e. The number of imidazole rings is 1. The van der Waals surface area contributed by atoms with E-state index in [2.05, 4.69) is 15.3 Å². The van der Waals surface area contributed by atoms with Crippen molar-refractivity contribution in [2.24, 2.45) is 12.8 Å². The topological polar surface area (TPSA) is 139 Å². The molecule has 2 heterocycles. The van der Waals surface area contributed by atoms with Crippen LogP contribution >= 0.6 is 0 Å². The number of hydrogen-bond acceptors (Lipinski definition) is 7. The van der Waals surface area contributed by atoms with E-state index in [1.165, 1.54) is 4.90 Å². The molecule has 0 spiro atoms. The summed E-state index contributed by atoms with van der Waals surface area (Å²) in [5.41, 5.74) is 8.84. The highest BCUT2D eigenvalue weighted by molar-refractivity contribution is 6.07. The Morgan fingerprint density at radius 2 is 1.86 bits per heavy atom. The fourth-order valence-corrected chi connectivity index (χ4v) is 3.73. The van der Waals surface area contributed by atoms with E-state index in [0.29, 0.717) is 28.4 Å². The largest absolute Gasteiger partial charge is 0.466 e. The summed E-state index contributed by atoms with van der Waals surface area (Å²) in [5, 5.41) is 10.8. The zero-order valence-electron chi connectivity index (χ0n) is 20.1. The van der Waals surface area contributed by atoms with E-state index in [1.807, 2.05) is 29.8 Å². The summed E-state index contributed by atoms with van der Waals surface area (Å²) in [6.45, 7) is 2.16. The number of esters is 1. The summed E-state index contributed by atoms with van der Waals surface area (Å²) >= 11 is 0. The van der Waals surface area contributed by atoms with E-state index in [-0.39, 0.29) is 37.3 Å². The van der Waals surface area contributed by atoms with Gasteiger partial charge in [-0.05, 0) is 61.5 Å². The Bertz CT molecular complexity index is 1400. The van der Waals surface area contributed by atoms with Gasteiger partial charge in [-0.25, -0.2) is 9.97 Å². The third-order valence-electron chi connectivity index (χ3n) is 5.60. The highest BCUT2D eigenvalue weighted by Crippen LogP contribution is 2.24. The predicted octanol–water partition coefficient (Wildman–Crippen LogP) is 3.60. The molecule has 0 fully saturated rings. The van der Waals surface area contributed by atoms with E-state index >= 15 is 0 Å². The third kappa shape index (κ3) is 5.33. The second-order valence-electron chi connectivity index (χ2n) is 8.01. The van der Waals surface area contributed by atoms with Crippen molar-refractivity contribution in [2.45, 2.75) is 13.3 Å². The van der Waals surface area contributed by atoms with Crippen LogP contribution in [-0.4, -0.2) is 45.4 Å². The van der Waals surface area contributed by atoms with Crippen molar-refractivity contribution in [3.8, 4) is 0 Å². The molecule has 0 unspecified atom stereocenters. The maximum Gasteiger partial charge on any atom is 0.307 e. The number of fused-ring (bicyclic) bond motifs is 1. The maximum absolute atomic E-state index is 13.5. The number of benzene rings is 2. The van der Waals surface area contributed by atoms with Gasteiger partial charge in [-0.15, -0.1) is 0 Å². The fraction of sp³-hybridized carbons (Fsp3) is 0.192. The Hall–Kier alpha value is -4.73. The number of amidine groups is 1. The van der Waals surface area contributed by atoms with Crippen LogP contribution in [0.4, 0.5) is 17.5 Å². The molecule has 2 aromatic carbocycles. The third-order valence-corrected chi connectivity index (χ3v) is 5.60. The Morgan fingerprint density at radius 3 is 2.53 bits per heavy atom. The average molecular weight is 486 g/mol. The highest BCUT2D eigenvalue weighted by Gasteiger charge is 2.21. The summed E-state index contributed by atoms with van der Waals surface area (Å²) < 4.78 is 6.91. The zero-order valence-corrected chi connectivity index (χ0v) is 20.1. The minimum atomic E-state index is -0.376. The lowest BCUT2D eigenvalue weighted by molar-refractivity contribution is -0.142. The van der Waals surface area contributed by atoms with E-state index in [0.717, 1.165) is 11.2 Å². The molecule has 0 atom stereocenters. The lowest BCUT2D eigenvalue weighted by Crippen LogP contribution is -2.34. The van der Waals surface area contributed by atoms with Crippen molar-refractivity contribution in [1.29, 1.82) is 5.41 Å². The van der Waals surface area contributed by atoms with Crippen LogP contribution in [0.5, 0.6) is 0 Å². The molecule has 4 N–H and O–H groups in total. The quantitative estimate of drug-likeness (QED) is 0.187. The Balaban J connectivity index is 1.60. The van der Waals surface area contributed by atoms with Gasteiger partial charge in [0.25, 0.3) is 5.91 Å². The second-order valence-corrected chi connectivity index (χ2v) is 8.01. The Morgan fingerprint density at radius 1 is 1.11 bits per heavy atom. The number of nitrogens with two attached hydrogens (primary N) is 1. The molecule has 2 aromatic heterocycles. The van der Waals surface area contributed by atoms with Crippen LogP contribution in [-0.2, 0) is 16.6 Å². The molecular formula is C26H27N7O3. The summed E-state index contributed by atoms with van der Waals surface area (Å²) in [6.07, 6.45) is 1.65. The molecule has 0 aliphatic carbocycles.